The van der Waals surface area contributed by atoms with E-state index in [-0.39, 0.29) is 12.0 Å². The molecule has 3 aromatic heterocycles. The van der Waals surface area contributed by atoms with Gasteiger partial charge in [0, 0.05) is 25.5 Å². The summed E-state index contributed by atoms with van der Waals surface area (Å²) in [7, 11) is 0. The molecule has 6 nitrogen and oxygen atoms in total. The van der Waals surface area contributed by atoms with Gasteiger partial charge < -0.3 is 9.64 Å². The average Bonchev–Trinajstić information content (AvgIpc) is 3.29. The van der Waals surface area contributed by atoms with Gasteiger partial charge in [-0.3, -0.25) is 14.2 Å². The minimum absolute atomic E-state index is 0.0354. The van der Waals surface area contributed by atoms with E-state index < -0.39 is 0 Å². The van der Waals surface area contributed by atoms with Gasteiger partial charge in [-0.25, -0.2) is 4.98 Å². The zero-order chi connectivity index (χ0) is 18.8. The third kappa shape index (κ3) is 3.57. The Labute approximate surface area is 158 Å². The van der Waals surface area contributed by atoms with E-state index in [1.807, 2.05) is 59.7 Å². The first-order valence-electron chi connectivity index (χ1n) is 9.38. The van der Waals surface area contributed by atoms with Crippen molar-refractivity contribution in [2.45, 2.75) is 39.3 Å². The summed E-state index contributed by atoms with van der Waals surface area (Å²) in [4.78, 5) is 24.4. The van der Waals surface area contributed by atoms with Gasteiger partial charge in [0.2, 0.25) is 0 Å². The van der Waals surface area contributed by atoms with Crippen LogP contribution in [0.3, 0.4) is 0 Å². The van der Waals surface area contributed by atoms with Gasteiger partial charge in [-0.05, 0) is 50.5 Å². The molecule has 0 radical (unpaired) electrons. The quantitative estimate of drug-likeness (QED) is 0.698. The van der Waals surface area contributed by atoms with Gasteiger partial charge in [-0.2, -0.15) is 0 Å². The standard InChI is InChI=1S/C21H24N4O2/c1-15-7-5-11-25-19(16(2)23-20(15)25)21(26)24(14-18-9-6-12-27-18)13-17-8-3-4-10-22-17/h3-5,7-8,10-11,18H,6,9,12-14H2,1-2H3. The molecule has 1 fully saturated rings. The van der Waals surface area contributed by atoms with Crippen molar-refractivity contribution in [1.29, 1.82) is 0 Å². The summed E-state index contributed by atoms with van der Waals surface area (Å²) in [5, 5.41) is 0. The lowest BCUT2D eigenvalue weighted by Crippen LogP contribution is -2.38. The van der Waals surface area contributed by atoms with Crippen LogP contribution in [0.25, 0.3) is 5.65 Å². The third-order valence-corrected chi connectivity index (χ3v) is 5.04. The van der Waals surface area contributed by atoms with Crippen LogP contribution in [0.1, 0.15) is 40.3 Å². The largest absolute Gasteiger partial charge is 0.376 e. The highest BCUT2D eigenvalue weighted by Crippen LogP contribution is 2.20. The van der Waals surface area contributed by atoms with E-state index in [2.05, 4.69) is 9.97 Å². The first-order chi connectivity index (χ1) is 13.1. The number of fused-ring (bicyclic) bond motifs is 1. The molecule has 1 saturated heterocycles. The minimum Gasteiger partial charge on any atom is -0.376 e. The lowest BCUT2D eigenvalue weighted by atomic mass is 10.2. The fourth-order valence-corrected chi connectivity index (χ4v) is 3.67. The predicted molar refractivity (Wildman–Crippen MR) is 103 cm³/mol. The van der Waals surface area contributed by atoms with E-state index in [1.54, 1.807) is 6.20 Å². The molecule has 6 heteroatoms. The van der Waals surface area contributed by atoms with Crippen LogP contribution in [0.5, 0.6) is 0 Å². The zero-order valence-corrected chi connectivity index (χ0v) is 15.8. The predicted octanol–water partition coefficient (Wildman–Crippen LogP) is 3.17. The van der Waals surface area contributed by atoms with Crippen LogP contribution in [-0.2, 0) is 11.3 Å². The van der Waals surface area contributed by atoms with Crippen LogP contribution < -0.4 is 0 Å². The van der Waals surface area contributed by atoms with E-state index >= 15 is 0 Å². The smallest absolute Gasteiger partial charge is 0.273 e. The number of rotatable bonds is 5. The molecule has 1 aliphatic rings. The Morgan fingerprint density at radius 3 is 2.93 bits per heavy atom. The van der Waals surface area contributed by atoms with Crippen molar-refractivity contribution in [2.24, 2.45) is 0 Å². The van der Waals surface area contributed by atoms with Gasteiger partial charge in [0.05, 0.1) is 24.0 Å². The van der Waals surface area contributed by atoms with Crippen molar-refractivity contribution in [3.8, 4) is 0 Å². The van der Waals surface area contributed by atoms with E-state index in [1.165, 1.54) is 0 Å². The summed E-state index contributed by atoms with van der Waals surface area (Å²) in [5.41, 5.74) is 4.10. The first kappa shape index (κ1) is 17.7. The molecule has 27 heavy (non-hydrogen) atoms. The maximum absolute atomic E-state index is 13.5. The highest BCUT2D eigenvalue weighted by Gasteiger charge is 2.27. The number of imidazole rings is 1. The number of hydrogen-bond donors (Lipinski definition) is 0. The van der Waals surface area contributed by atoms with E-state index in [0.717, 1.165) is 42.0 Å². The Morgan fingerprint density at radius 2 is 2.19 bits per heavy atom. The van der Waals surface area contributed by atoms with Gasteiger partial charge in [-0.1, -0.05) is 12.1 Å². The first-order valence-corrected chi connectivity index (χ1v) is 9.38. The molecule has 4 heterocycles. The van der Waals surface area contributed by atoms with E-state index in [4.69, 9.17) is 4.74 Å². The second kappa shape index (κ2) is 7.48. The maximum atomic E-state index is 13.5. The van der Waals surface area contributed by atoms with Crippen molar-refractivity contribution in [3.05, 3.63) is 65.4 Å². The molecule has 4 rings (SSSR count). The van der Waals surface area contributed by atoms with Crippen molar-refractivity contribution in [3.63, 3.8) is 0 Å². The van der Waals surface area contributed by atoms with Crippen LogP contribution in [0, 0.1) is 13.8 Å². The second-order valence-corrected chi connectivity index (χ2v) is 7.07. The Hall–Kier alpha value is -2.73. The molecule has 140 valence electrons. The number of amides is 1. The van der Waals surface area contributed by atoms with Gasteiger partial charge in [0.25, 0.3) is 5.91 Å². The fourth-order valence-electron chi connectivity index (χ4n) is 3.67. The number of pyridine rings is 2. The molecule has 0 aromatic carbocycles. The summed E-state index contributed by atoms with van der Waals surface area (Å²) in [5.74, 6) is -0.0354. The Bertz CT molecular complexity index is 945. The molecule has 1 unspecified atom stereocenters. The van der Waals surface area contributed by atoms with Crippen LogP contribution in [0.15, 0.2) is 42.7 Å². The van der Waals surface area contributed by atoms with Crippen LogP contribution in [0.4, 0.5) is 0 Å². The number of aromatic nitrogens is 3. The summed E-state index contributed by atoms with van der Waals surface area (Å²) in [6.45, 7) is 5.69. The summed E-state index contributed by atoms with van der Waals surface area (Å²) in [6, 6.07) is 9.73. The normalized spacial score (nSPS) is 16.7. The highest BCUT2D eigenvalue weighted by molar-refractivity contribution is 5.94. The van der Waals surface area contributed by atoms with E-state index in [9.17, 15) is 4.79 Å². The second-order valence-electron chi connectivity index (χ2n) is 7.07. The number of hydrogen-bond acceptors (Lipinski definition) is 4. The molecular weight excluding hydrogens is 340 g/mol. The monoisotopic (exact) mass is 364 g/mol. The average molecular weight is 364 g/mol. The van der Waals surface area contributed by atoms with Gasteiger partial charge in [0.15, 0.2) is 0 Å². The molecule has 0 bridgehead atoms. The maximum Gasteiger partial charge on any atom is 0.273 e. The fraction of sp³-hybridized carbons (Fsp3) is 0.381. The number of ether oxygens (including phenoxy) is 1. The summed E-state index contributed by atoms with van der Waals surface area (Å²) >= 11 is 0. The highest BCUT2D eigenvalue weighted by atomic mass is 16.5. The summed E-state index contributed by atoms with van der Waals surface area (Å²) in [6.07, 6.45) is 5.77. The van der Waals surface area contributed by atoms with Crippen molar-refractivity contribution in [1.82, 2.24) is 19.3 Å². The number of carbonyl (C=O) groups is 1. The van der Waals surface area contributed by atoms with Crippen LogP contribution in [-0.4, -0.2) is 44.4 Å². The Morgan fingerprint density at radius 1 is 1.30 bits per heavy atom. The molecule has 0 saturated carbocycles. The van der Waals surface area contributed by atoms with Crippen molar-refractivity contribution < 1.29 is 9.53 Å². The topological polar surface area (TPSA) is 59.7 Å². The molecule has 1 aliphatic heterocycles. The van der Waals surface area contributed by atoms with Crippen LogP contribution in [0.2, 0.25) is 0 Å². The molecular formula is C21H24N4O2. The molecule has 1 amide bonds. The lowest BCUT2D eigenvalue weighted by molar-refractivity contribution is 0.0498. The SMILES string of the molecule is Cc1nc2c(C)cccn2c1C(=O)N(Cc1ccccn1)CC1CCCO1. The van der Waals surface area contributed by atoms with E-state index in [0.29, 0.717) is 18.8 Å². The molecule has 0 aliphatic carbocycles. The Kier molecular flexibility index (Phi) is 4.90. The third-order valence-electron chi connectivity index (χ3n) is 5.04. The van der Waals surface area contributed by atoms with Crippen molar-refractivity contribution in [2.75, 3.05) is 13.2 Å². The zero-order valence-electron chi connectivity index (χ0n) is 15.8. The molecule has 3 aromatic rings. The number of carbonyl (C=O) groups excluding carboxylic acids is 1. The molecule has 0 N–H and O–H groups in total. The van der Waals surface area contributed by atoms with Gasteiger partial charge >= 0.3 is 0 Å². The molecule has 0 spiro atoms. The van der Waals surface area contributed by atoms with Crippen molar-refractivity contribution >= 4 is 11.6 Å². The molecule has 1 atom stereocenters. The van der Waals surface area contributed by atoms with Crippen LogP contribution >= 0.6 is 0 Å². The van der Waals surface area contributed by atoms with Gasteiger partial charge in [-0.15, -0.1) is 0 Å². The summed E-state index contributed by atoms with van der Waals surface area (Å²) < 4.78 is 7.69. The Balaban J connectivity index is 1.69. The number of nitrogens with zero attached hydrogens (tertiary/aromatic N) is 4. The minimum atomic E-state index is -0.0354. The lowest BCUT2D eigenvalue weighted by Gasteiger charge is -2.25. The van der Waals surface area contributed by atoms with Gasteiger partial charge in [0.1, 0.15) is 11.3 Å². The number of aryl methyl sites for hydroxylation is 2.